The molecule has 10 rings (SSSR count). The number of para-hydroxylation sites is 1. The normalized spacial score (nSPS) is 11.6. The lowest BCUT2D eigenvalue weighted by Crippen LogP contribution is -1.94. The molecule has 0 unspecified atom stereocenters. The smallest absolute Gasteiger partial charge is 0.0541 e. The summed E-state index contributed by atoms with van der Waals surface area (Å²) >= 11 is 3.76. The van der Waals surface area contributed by atoms with Crippen molar-refractivity contribution in [3.8, 4) is 44.8 Å². The van der Waals surface area contributed by atoms with Crippen LogP contribution in [0.25, 0.3) is 88.4 Å². The molecule has 0 saturated carbocycles. The van der Waals surface area contributed by atoms with Crippen LogP contribution in [0.1, 0.15) is 0 Å². The number of rotatable bonds is 5. The van der Waals surface area contributed by atoms with Gasteiger partial charge < -0.3 is 9.13 Å². The second-order valence-electron chi connectivity index (χ2n) is 13.1. The molecule has 0 fully saturated rings. The molecule has 0 aliphatic carbocycles. The van der Waals surface area contributed by atoms with Crippen molar-refractivity contribution in [3.05, 3.63) is 193 Å². The molecule has 0 radical (unpaired) electrons. The Bertz CT molecular complexity index is 2880. The van der Waals surface area contributed by atoms with Gasteiger partial charge in [0.2, 0.25) is 0 Å². The van der Waals surface area contributed by atoms with Crippen molar-refractivity contribution in [3.63, 3.8) is 0 Å². The van der Waals surface area contributed by atoms with Crippen LogP contribution in [0.5, 0.6) is 0 Å². The molecule has 0 aliphatic rings. The molecule has 10 aromatic rings. The van der Waals surface area contributed by atoms with Gasteiger partial charge in [-0.25, -0.2) is 0 Å². The van der Waals surface area contributed by atoms with Crippen LogP contribution in [-0.2, 0) is 0 Å². The minimum Gasteiger partial charge on any atom is -0.309 e. The SMILES string of the molecule is Brc1ccc2c(c1)c1cc(-c3ccc4c(c3)c3ccccc3n4-c3ccc(-c4ccccc4)cc3)ccc1n2-c1ccc(-c2ccccc2)cc1. The van der Waals surface area contributed by atoms with Crippen LogP contribution in [0.3, 0.4) is 0 Å². The third-order valence-corrected chi connectivity index (χ3v) is 10.7. The summed E-state index contributed by atoms with van der Waals surface area (Å²) in [7, 11) is 0. The van der Waals surface area contributed by atoms with Crippen molar-refractivity contribution >= 4 is 59.5 Å². The summed E-state index contributed by atoms with van der Waals surface area (Å²) in [5.41, 5.74) is 14.4. The Morgan fingerprint density at radius 2 is 0.647 bits per heavy atom. The van der Waals surface area contributed by atoms with E-state index in [4.69, 9.17) is 0 Å². The molecule has 8 aromatic carbocycles. The Hall–Kier alpha value is -6.16. The average molecular weight is 716 g/mol. The minimum atomic E-state index is 1.07. The van der Waals surface area contributed by atoms with Gasteiger partial charge in [-0.2, -0.15) is 0 Å². The maximum Gasteiger partial charge on any atom is 0.0541 e. The van der Waals surface area contributed by atoms with E-state index in [1.807, 2.05) is 0 Å². The van der Waals surface area contributed by atoms with Gasteiger partial charge in [0, 0.05) is 37.4 Å². The van der Waals surface area contributed by atoms with E-state index in [0.29, 0.717) is 0 Å². The molecule has 0 saturated heterocycles. The first-order valence-electron chi connectivity index (χ1n) is 17.3. The Morgan fingerprint density at radius 3 is 1.18 bits per heavy atom. The molecule has 2 heterocycles. The van der Waals surface area contributed by atoms with Crippen molar-refractivity contribution in [1.82, 2.24) is 9.13 Å². The molecule has 0 atom stereocenters. The monoisotopic (exact) mass is 714 g/mol. The van der Waals surface area contributed by atoms with Crippen LogP contribution in [0.2, 0.25) is 0 Å². The van der Waals surface area contributed by atoms with Crippen molar-refractivity contribution in [2.45, 2.75) is 0 Å². The molecule has 0 aliphatic heterocycles. The van der Waals surface area contributed by atoms with Gasteiger partial charge in [-0.05, 0) is 106 Å². The van der Waals surface area contributed by atoms with E-state index in [0.717, 1.165) is 15.8 Å². The van der Waals surface area contributed by atoms with Crippen LogP contribution < -0.4 is 0 Å². The molecule has 0 spiro atoms. The van der Waals surface area contributed by atoms with Gasteiger partial charge >= 0.3 is 0 Å². The molecular formula is C48H31BrN2. The number of hydrogen-bond donors (Lipinski definition) is 0. The van der Waals surface area contributed by atoms with Crippen LogP contribution in [0, 0.1) is 0 Å². The number of fused-ring (bicyclic) bond motifs is 6. The van der Waals surface area contributed by atoms with Gasteiger partial charge in [-0.3, -0.25) is 0 Å². The second-order valence-corrected chi connectivity index (χ2v) is 14.1. The van der Waals surface area contributed by atoms with E-state index in [2.05, 4.69) is 213 Å². The van der Waals surface area contributed by atoms with Gasteiger partial charge in [-0.15, -0.1) is 0 Å². The summed E-state index contributed by atoms with van der Waals surface area (Å²) in [4.78, 5) is 0. The lowest BCUT2D eigenvalue weighted by Gasteiger charge is -2.11. The van der Waals surface area contributed by atoms with Crippen molar-refractivity contribution in [2.75, 3.05) is 0 Å². The van der Waals surface area contributed by atoms with Gasteiger partial charge in [0.05, 0.1) is 22.1 Å². The Morgan fingerprint density at radius 1 is 0.275 bits per heavy atom. The molecule has 51 heavy (non-hydrogen) atoms. The lowest BCUT2D eigenvalue weighted by atomic mass is 10.0. The number of aromatic nitrogens is 2. The zero-order chi connectivity index (χ0) is 33.9. The summed E-state index contributed by atoms with van der Waals surface area (Å²) in [6.45, 7) is 0. The highest BCUT2D eigenvalue weighted by Gasteiger charge is 2.17. The molecule has 0 N–H and O–H groups in total. The van der Waals surface area contributed by atoms with E-state index in [1.165, 1.54) is 77.0 Å². The van der Waals surface area contributed by atoms with Crippen LogP contribution in [0.4, 0.5) is 0 Å². The van der Waals surface area contributed by atoms with Gasteiger partial charge in [0.25, 0.3) is 0 Å². The largest absolute Gasteiger partial charge is 0.309 e. The Balaban J connectivity index is 1.09. The molecule has 0 bridgehead atoms. The number of nitrogens with zero attached hydrogens (tertiary/aromatic N) is 2. The molecule has 0 amide bonds. The molecule has 240 valence electrons. The summed E-state index contributed by atoms with van der Waals surface area (Å²) < 4.78 is 5.85. The maximum absolute atomic E-state index is 3.76. The predicted molar refractivity (Wildman–Crippen MR) is 219 cm³/mol. The van der Waals surface area contributed by atoms with Crippen LogP contribution in [-0.4, -0.2) is 9.13 Å². The van der Waals surface area contributed by atoms with E-state index in [9.17, 15) is 0 Å². The molecule has 2 aromatic heterocycles. The highest BCUT2D eigenvalue weighted by atomic mass is 79.9. The summed E-state index contributed by atoms with van der Waals surface area (Å²) in [6.07, 6.45) is 0. The van der Waals surface area contributed by atoms with E-state index < -0.39 is 0 Å². The van der Waals surface area contributed by atoms with Gasteiger partial charge in [-0.1, -0.05) is 131 Å². The highest BCUT2D eigenvalue weighted by Crippen LogP contribution is 2.39. The molecular weight excluding hydrogens is 684 g/mol. The fourth-order valence-corrected chi connectivity index (χ4v) is 8.11. The van der Waals surface area contributed by atoms with Crippen molar-refractivity contribution in [2.24, 2.45) is 0 Å². The third kappa shape index (κ3) is 5.00. The number of halogens is 1. The van der Waals surface area contributed by atoms with E-state index in [1.54, 1.807) is 0 Å². The summed E-state index contributed by atoms with van der Waals surface area (Å²) in [6, 6.07) is 68.1. The standard InChI is InChI=1S/C48H31BrN2/c49-38-21-28-48-44(31-38)43-30-37(20-27-47(43)51(48)40-24-17-35(18-25-40)33-11-5-2-6-12-33)36-19-26-46-42(29-36)41-13-7-8-14-45(41)50(46)39-22-15-34(16-23-39)32-9-3-1-4-10-32/h1-31H. The zero-order valence-electron chi connectivity index (χ0n) is 27.7. The molecule has 2 nitrogen and oxygen atoms in total. The quantitative estimate of drug-likeness (QED) is 0.168. The van der Waals surface area contributed by atoms with Gasteiger partial charge in [0.1, 0.15) is 0 Å². The maximum atomic E-state index is 3.76. The lowest BCUT2D eigenvalue weighted by molar-refractivity contribution is 1.18. The first-order valence-corrected chi connectivity index (χ1v) is 18.1. The van der Waals surface area contributed by atoms with Crippen molar-refractivity contribution in [1.29, 1.82) is 0 Å². The molecule has 3 heteroatoms. The van der Waals surface area contributed by atoms with Crippen LogP contribution in [0.15, 0.2) is 193 Å². The summed E-state index contributed by atoms with van der Waals surface area (Å²) in [5.74, 6) is 0. The average Bonchev–Trinajstić information content (AvgIpc) is 3.70. The topological polar surface area (TPSA) is 9.86 Å². The first kappa shape index (κ1) is 29.7. The zero-order valence-corrected chi connectivity index (χ0v) is 29.3. The fraction of sp³-hybridized carbons (Fsp3) is 0. The fourth-order valence-electron chi connectivity index (χ4n) is 7.75. The number of hydrogen-bond acceptors (Lipinski definition) is 0. The minimum absolute atomic E-state index is 1.07. The highest BCUT2D eigenvalue weighted by molar-refractivity contribution is 9.10. The van der Waals surface area contributed by atoms with Crippen LogP contribution >= 0.6 is 15.9 Å². The second kappa shape index (κ2) is 12.0. The Labute approximate surface area is 304 Å². The Kier molecular flexibility index (Phi) is 7.00. The van der Waals surface area contributed by atoms with E-state index >= 15 is 0 Å². The van der Waals surface area contributed by atoms with Gasteiger partial charge in [0.15, 0.2) is 0 Å². The third-order valence-electron chi connectivity index (χ3n) is 10.2. The number of benzene rings is 8. The van der Waals surface area contributed by atoms with Crippen molar-refractivity contribution < 1.29 is 0 Å². The predicted octanol–water partition coefficient (Wildman–Crippen LogP) is 13.6. The van der Waals surface area contributed by atoms with E-state index in [-0.39, 0.29) is 0 Å². The first-order chi connectivity index (χ1) is 25.2. The summed E-state index contributed by atoms with van der Waals surface area (Å²) in [5, 5.41) is 4.96.